The molecule has 1 saturated heterocycles. The van der Waals surface area contributed by atoms with Gasteiger partial charge in [0, 0.05) is 43.3 Å². The Morgan fingerprint density at radius 2 is 1.91 bits per heavy atom. The molecule has 5 heterocycles. The zero-order valence-corrected chi connectivity index (χ0v) is 17.5. The van der Waals surface area contributed by atoms with E-state index in [9.17, 15) is 13.2 Å². The van der Waals surface area contributed by atoms with Gasteiger partial charge in [0.2, 0.25) is 5.95 Å². The van der Waals surface area contributed by atoms with Crippen LogP contribution in [0.2, 0.25) is 0 Å². The second-order valence-corrected chi connectivity index (χ2v) is 8.30. The molecule has 32 heavy (non-hydrogen) atoms. The van der Waals surface area contributed by atoms with E-state index in [0.717, 1.165) is 37.6 Å². The number of piperidine rings is 1. The Morgan fingerprint density at radius 3 is 2.66 bits per heavy atom. The molecule has 0 radical (unpaired) electrons. The third-order valence-electron chi connectivity index (χ3n) is 5.79. The zero-order valence-electron chi connectivity index (χ0n) is 17.5. The van der Waals surface area contributed by atoms with Crippen molar-refractivity contribution in [1.29, 1.82) is 0 Å². The molecule has 5 rings (SSSR count). The normalized spacial score (nSPS) is 19.6. The van der Waals surface area contributed by atoms with Gasteiger partial charge in [0.05, 0.1) is 18.1 Å². The van der Waals surface area contributed by atoms with Crippen molar-refractivity contribution in [3.8, 4) is 11.4 Å². The number of alkyl halides is 3. The van der Waals surface area contributed by atoms with E-state index >= 15 is 0 Å². The first kappa shape index (κ1) is 20.4. The molecule has 1 fully saturated rings. The predicted molar refractivity (Wildman–Crippen MR) is 111 cm³/mol. The highest BCUT2D eigenvalue weighted by Gasteiger charge is 2.33. The number of halogens is 3. The van der Waals surface area contributed by atoms with Crippen molar-refractivity contribution in [2.75, 3.05) is 18.0 Å². The molecule has 0 unspecified atom stereocenters. The van der Waals surface area contributed by atoms with E-state index in [4.69, 9.17) is 0 Å². The van der Waals surface area contributed by atoms with Crippen LogP contribution >= 0.6 is 0 Å². The van der Waals surface area contributed by atoms with Crippen molar-refractivity contribution in [3.63, 3.8) is 0 Å². The van der Waals surface area contributed by atoms with Gasteiger partial charge in [-0.2, -0.15) is 18.3 Å². The maximum Gasteiger partial charge on any atom is 0.434 e. The molecule has 1 N–H and O–H groups in total. The van der Waals surface area contributed by atoms with Gasteiger partial charge < -0.3 is 9.30 Å². The molecule has 0 bridgehead atoms. The lowest BCUT2D eigenvalue weighted by Crippen LogP contribution is -2.39. The molecule has 8 nitrogen and oxygen atoms in total. The predicted octanol–water partition coefficient (Wildman–Crippen LogP) is 3.87. The zero-order chi connectivity index (χ0) is 22.5. The summed E-state index contributed by atoms with van der Waals surface area (Å²) >= 11 is 0. The first-order chi connectivity index (χ1) is 15.3. The lowest BCUT2D eigenvalue weighted by molar-refractivity contribution is -0.141. The fraction of sp³-hybridized carbons (Fsp3) is 0.381. The van der Waals surface area contributed by atoms with E-state index in [0.29, 0.717) is 34.8 Å². The quantitative estimate of drug-likeness (QED) is 0.518. The standard InChI is InChI=1S/C21H21F3N8/c1-12-5-14(15-6-27-30-13(15)2)9-32(8-12)20-25-4-3-16(29-20)17-10-31-11-18(21(22,23)24)26-7-19(31)28-17/h3-4,6-7,10-12,14H,5,8-9H2,1-2H3,(H,27,30)/t12-,14-/m1/s1. The van der Waals surface area contributed by atoms with Crippen molar-refractivity contribution in [1.82, 2.24) is 34.5 Å². The molecule has 1 aliphatic heterocycles. The molecule has 4 aromatic rings. The molecule has 0 aromatic carbocycles. The molecular weight excluding hydrogens is 421 g/mol. The van der Waals surface area contributed by atoms with E-state index in [2.05, 4.69) is 42.0 Å². The lowest BCUT2D eigenvalue weighted by Gasteiger charge is -2.36. The minimum Gasteiger partial charge on any atom is -0.340 e. The Balaban J connectivity index is 1.45. The number of nitrogens with one attached hydrogen (secondary N) is 1. The number of aromatic nitrogens is 7. The SMILES string of the molecule is Cc1[nH]ncc1[C@@H]1C[C@@H](C)CN(c2nccc(-c3cn4cc(C(F)(F)F)ncc4n3)n2)C1. The van der Waals surface area contributed by atoms with Crippen molar-refractivity contribution in [2.45, 2.75) is 32.4 Å². The Bertz CT molecular complexity index is 1260. The first-order valence-corrected chi connectivity index (χ1v) is 10.3. The van der Waals surface area contributed by atoms with Crippen molar-refractivity contribution in [2.24, 2.45) is 5.92 Å². The number of fused-ring (bicyclic) bond motifs is 1. The van der Waals surface area contributed by atoms with Gasteiger partial charge in [0.15, 0.2) is 11.3 Å². The minimum atomic E-state index is -4.52. The number of aromatic amines is 1. The lowest BCUT2D eigenvalue weighted by atomic mass is 9.86. The summed E-state index contributed by atoms with van der Waals surface area (Å²) in [4.78, 5) is 19.1. The van der Waals surface area contributed by atoms with Crippen LogP contribution in [-0.4, -0.2) is 47.6 Å². The number of rotatable bonds is 3. The number of nitrogens with zero attached hydrogens (tertiary/aromatic N) is 7. The summed E-state index contributed by atoms with van der Waals surface area (Å²) in [5.74, 6) is 1.33. The highest BCUT2D eigenvalue weighted by Crippen LogP contribution is 2.33. The molecule has 11 heteroatoms. The fourth-order valence-corrected chi connectivity index (χ4v) is 4.32. The third-order valence-corrected chi connectivity index (χ3v) is 5.79. The van der Waals surface area contributed by atoms with Gasteiger partial charge in [-0.15, -0.1) is 0 Å². The molecule has 0 amide bonds. The van der Waals surface area contributed by atoms with Crippen molar-refractivity contribution >= 4 is 11.6 Å². The first-order valence-electron chi connectivity index (χ1n) is 10.3. The van der Waals surface area contributed by atoms with Gasteiger partial charge in [-0.05, 0) is 30.9 Å². The minimum absolute atomic E-state index is 0.312. The maximum absolute atomic E-state index is 13.0. The van der Waals surface area contributed by atoms with Crippen LogP contribution in [0.3, 0.4) is 0 Å². The maximum atomic E-state index is 13.0. The summed E-state index contributed by atoms with van der Waals surface area (Å²) < 4.78 is 40.2. The molecule has 0 aliphatic carbocycles. The van der Waals surface area contributed by atoms with E-state index in [1.165, 1.54) is 16.2 Å². The summed E-state index contributed by atoms with van der Waals surface area (Å²) in [6, 6.07) is 1.70. The second-order valence-electron chi connectivity index (χ2n) is 8.30. The van der Waals surface area contributed by atoms with E-state index in [1.54, 1.807) is 12.3 Å². The summed E-state index contributed by atoms with van der Waals surface area (Å²) in [6.07, 6.45) is 3.63. The number of hydrogen-bond acceptors (Lipinski definition) is 6. The van der Waals surface area contributed by atoms with Crippen LogP contribution in [0.4, 0.5) is 19.1 Å². The van der Waals surface area contributed by atoms with Crippen molar-refractivity contribution in [3.05, 3.63) is 54.0 Å². The highest BCUT2D eigenvalue weighted by molar-refractivity contribution is 5.59. The van der Waals surface area contributed by atoms with Crippen LogP contribution in [0.25, 0.3) is 17.0 Å². The summed E-state index contributed by atoms with van der Waals surface area (Å²) in [5.41, 5.74) is 2.61. The smallest absolute Gasteiger partial charge is 0.340 e. The molecule has 2 atom stereocenters. The summed E-state index contributed by atoms with van der Waals surface area (Å²) in [6.45, 7) is 5.80. The van der Waals surface area contributed by atoms with Crippen LogP contribution < -0.4 is 4.90 Å². The van der Waals surface area contributed by atoms with Gasteiger partial charge in [-0.1, -0.05) is 6.92 Å². The molecule has 166 valence electrons. The molecule has 4 aromatic heterocycles. The number of imidazole rings is 1. The van der Waals surface area contributed by atoms with Crippen molar-refractivity contribution < 1.29 is 13.2 Å². The average Bonchev–Trinajstić information content (AvgIpc) is 3.38. The van der Waals surface area contributed by atoms with Gasteiger partial charge >= 0.3 is 6.18 Å². The monoisotopic (exact) mass is 442 g/mol. The van der Waals surface area contributed by atoms with Gasteiger partial charge in [-0.3, -0.25) is 5.10 Å². The van der Waals surface area contributed by atoms with Crippen LogP contribution in [-0.2, 0) is 6.18 Å². The number of anilines is 1. The fourth-order valence-electron chi connectivity index (χ4n) is 4.32. The van der Waals surface area contributed by atoms with Crippen LogP contribution in [0.15, 0.2) is 37.1 Å². The molecule has 0 saturated carbocycles. The topological polar surface area (TPSA) is 87.9 Å². The average molecular weight is 442 g/mol. The van der Waals surface area contributed by atoms with Gasteiger partial charge in [0.25, 0.3) is 0 Å². The van der Waals surface area contributed by atoms with Gasteiger partial charge in [-0.25, -0.2) is 19.9 Å². The second kappa shape index (κ2) is 7.57. The third kappa shape index (κ3) is 3.78. The molecular formula is C21H21F3N8. The largest absolute Gasteiger partial charge is 0.434 e. The number of H-pyrrole nitrogens is 1. The van der Waals surface area contributed by atoms with Gasteiger partial charge in [0.1, 0.15) is 5.69 Å². The molecule has 0 spiro atoms. The van der Waals surface area contributed by atoms with Crippen LogP contribution in [0.1, 0.15) is 36.2 Å². The number of hydrogen-bond donors (Lipinski definition) is 1. The van der Waals surface area contributed by atoms with E-state index in [-0.39, 0.29) is 0 Å². The Kier molecular flexibility index (Phi) is 4.83. The highest BCUT2D eigenvalue weighted by atomic mass is 19.4. The van der Waals surface area contributed by atoms with Crippen LogP contribution in [0.5, 0.6) is 0 Å². The van der Waals surface area contributed by atoms with E-state index < -0.39 is 11.9 Å². The molecule has 1 aliphatic rings. The Morgan fingerprint density at radius 1 is 1.06 bits per heavy atom. The Hall–Kier alpha value is -3.50. The number of aryl methyl sites for hydroxylation is 1. The van der Waals surface area contributed by atoms with E-state index in [1.807, 2.05) is 13.1 Å². The summed E-state index contributed by atoms with van der Waals surface area (Å²) in [7, 11) is 0. The Labute approximate surface area is 181 Å². The summed E-state index contributed by atoms with van der Waals surface area (Å²) in [5, 5.41) is 7.16. The van der Waals surface area contributed by atoms with Crippen LogP contribution in [0, 0.1) is 12.8 Å².